The van der Waals surface area contributed by atoms with Crippen molar-refractivity contribution < 1.29 is 18.7 Å². The monoisotopic (exact) mass is 407 g/mol. The number of hydrogen-bond acceptors (Lipinski definition) is 5. The molecule has 1 aromatic heterocycles. The molecule has 0 bridgehead atoms. The normalized spacial score (nSPS) is 10.5. The molecular weight excluding hydrogens is 382 g/mol. The Morgan fingerprint density at radius 3 is 2.30 bits per heavy atom. The second kappa shape index (κ2) is 10.2. The Morgan fingerprint density at radius 1 is 0.967 bits per heavy atom. The van der Waals surface area contributed by atoms with E-state index in [9.17, 15) is 9.59 Å². The van der Waals surface area contributed by atoms with Crippen molar-refractivity contribution in [3.63, 3.8) is 0 Å². The fraction of sp³-hybridized carbons (Fsp3) is 0.217. The number of anilines is 2. The number of carbonyl (C=O) groups excluding carboxylic acids is 2. The molecule has 0 saturated heterocycles. The van der Waals surface area contributed by atoms with Gasteiger partial charge in [0.15, 0.2) is 0 Å². The van der Waals surface area contributed by atoms with E-state index < -0.39 is 0 Å². The number of hydrogen-bond donors (Lipinski definition) is 3. The van der Waals surface area contributed by atoms with Crippen LogP contribution in [0.5, 0.6) is 5.75 Å². The Labute approximate surface area is 175 Å². The molecule has 0 unspecified atom stereocenters. The predicted octanol–water partition coefficient (Wildman–Crippen LogP) is 4.05. The second-order valence-corrected chi connectivity index (χ2v) is 6.93. The zero-order valence-electron chi connectivity index (χ0n) is 17.0. The molecule has 156 valence electrons. The van der Waals surface area contributed by atoms with Crippen LogP contribution in [0.2, 0.25) is 0 Å². The molecule has 0 spiro atoms. The van der Waals surface area contributed by atoms with Gasteiger partial charge in [-0.1, -0.05) is 0 Å². The summed E-state index contributed by atoms with van der Waals surface area (Å²) in [6, 6.07) is 17.7. The molecule has 3 rings (SSSR count). The number of rotatable bonds is 9. The number of ether oxygens (including phenoxy) is 1. The van der Waals surface area contributed by atoms with Crippen molar-refractivity contribution in [3.05, 3.63) is 78.3 Å². The van der Waals surface area contributed by atoms with Crippen LogP contribution in [0.4, 0.5) is 11.4 Å². The van der Waals surface area contributed by atoms with Gasteiger partial charge in [0.25, 0.3) is 5.91 Å². The van der Waals surface area contributed by atoms with E-state index in [2.05, 4.69) is 16.0 Å². The maximum Gasteiger partial charge on any atom is 0.251 e. The summed E-state index contributed by atoms with van der Waals surface area (Å²) in [5.41, 5.74) is 1.97. The first-order chi connectivity index (χ1) is 14.5. The summed E-state index contributed by atoms with van der Waals surface area (Å²) < 4.78 is 10.8. The summed E-state index contributed by atoms with van der Waals surface area (Å²) in [6.07, 6.45) is 1.66. The first-order valence-corrected chi connectivity index (χ1v) is 9.70. The Kier molecular flexibility index (Phi) is 7.10. The molecular formula is C23H25N3O4. The van der Waals surface area contributed by atoms with E-state index >= 15 is 0 Å². The van der Waals surface area contributed by atoms with Crippen molar-refractivity contribution >= 4 is 23.2 Å². The molecule has 1 heterocycles. The number of nitrogens with one attached hydrogen (secondary N) is 3. The summed E-state index contributed by atoms with van der Waals surface area (Å²) >= 11 is 0. The van der Waals surface area contributed by atoms with Crippen molar-refractivity contribution in [1.29, 1.82) is 0 Å². The molecule has 0 aliphatic carbocycles. The minimum absolute atomic E-state index is 0.100. The topological polar surface area (TPSA) is 92.6 Å². The van der Waals surface area contributed by atoms with Crippen LogP contribution in [0.15, 0.2) is 71.3 Å². The highest BCUT2D eigenvalue weighted by atomic mass is 16.5. The van der Waals surface area contributed by atoms with Gasteiger partial charge in [-0.05, 0) is 74.5 Å². The average molecular weight is 407 g/mol. The van der Waals surface area contributed by atoms with Crippen LogP contribution in [-0.2, 0) is 11.3 Å². The number of amides is 2. The summed E-state index contributed by atoms with van der Waals surface area (Å²) in [6.45, 7) is 4.35. The first kappa shape index (κ1) is 21.0. The minimum Gasteiger partial charge on any atom is -0.491 e. The van der Waals surface area contributed by atoms with E-state index in [-0.39, 0.29) is 24.5 Å². The molecule has 3 aromatic rings. The predicted molar refractivity (Wildman–Crippen MR) is 116 cm³/mol. The summed E-state index contributed by atoms with van der Waals surface area (Å²) in [7, 11) is 0. The Morgan fingerprint density at radius 2 is 1.67 bits per heavy atom. The van der Waals surface area contributed by atoms with E-state index in [0.717, 1.165) is 11.4 Å². The van der Waals surface area contributed by atoms with Crippen molar-refractivity contribution in [2.24, 2.45) is 0 Å². The van der Waals surface area contributed by atoms with E-state index in [4.69, 9.17) is 9.15 Å². The molecule has 30 heavy (non-hydrogen) atoms. The van der Waals surface area contributed by atoms with E-state index in [0.29, 0.717) is 23.6 Å². The lowest BCUT2D eigenvalue weighted by atomic mass is 10.2. The average Bonchev–Trinajstić information content (AvgIpc) is 3.26. The Balaban J connectivity index is 1.43. The first-order valence-electron chi connectivity index (χ1n) is 9.70. The standard InChI is InChI=1S/C23H25N3O4/c1-16(2)30-20-11-9-19(10-12-20)26-22(27)15-24-18-7-5-17(6-8-18)23(28)25-14-21-4-3-13-29-21/h3-13,16,24H,14-15H2,1-2H3,(H,25,28)(H,26,27). The van der Waals surface area contributed by atoms with E-state index in [1.807, 2.05) is 26.0 Å². The van der Waals surface area contributed by atoms with Crippen LogP contribution < -0.4 is 20.7 Å². The van der Waals surface area contributed by atoms with Crippen LogP contribution in [0.1, 0.15) is 30.0 Å². The van der Waals surface area contributed by atoms with Gasteiger partial charge in [0, 0.05) is 16.9 Å². The van der Waals surface area contributed by atoms with Gasteiger partial charge in [-0.15, -0.1) is 0 Å². The van der Waals surface area contributed by atoms with Crippen LogP contribution in [-0.4, -0.2) is 24.5 Å². The van der Waals surface area contributed by atoms with Gasteiger partial charge in [-0.25, -0.2) is 0 Å². The molecule has 0 radical (unpaired) electrons. The van der Waals surface area contributed by atoms with Crippen molar-refractivity contribution in [3.8, 4) is 5.75 Å². The van der Waals surface area contributed by atoms with Crippen molar-refractivity contribution in [1.82, 2.24) is 5.32 Å². The van der Waals surface area contributed by atoms with Crippen LogP contribution in [0, 0.1) is 0 Å². The third kappa shape index (κ3) is 6.41. The fourth-order valence-electron chi connectivity index (χ4n) is 2.70. The molecule has 2 aromatic carbocycles. The molecule has 3 N–H and O–H groups in total. The van der Waals surface area contributed by atoms with Crippen molar-refractivity contribution in [2.45, 2.75) is 26.5 Å². The van der Waals surface area contributed by atoms with Gasteiger partial charge >= 0.3 is 0 Å². The summed E-state index contributed by atoms with van der Waals surface area (Å²) in [5.74, 6) is 1.08. The number of furan rings is 1. The van der Waals surface area contributed by atoms with E-state index in [1.54, 1.807) is 54.8 Å². The van der Waals surface area contributed by atoms with Gasteiger partial charge in [-0.3, -0.25) is 9.59 Å². The van der Waals surface area contributed by atoms with Gasteiger partial charge < -0.3 is 25.1 Å². The van der Waals surface area contributed by atoms with Crippen molar-refractivity contribution in [2.75, 3.05) is 17.2 Å². The quantitative estimate of drug-likeness (QED) is 0.498. The highest BCUT2D eigenvalue weighted by molar-refractivity contribution is 5.95. The molecule has 2 amide bonds. The number of benzene rings is 2. The maximum atomic E-state index is 12.2. The van der Waals surface area contributed by atoms with Gasteiger partial charge in [0.1, 0.15) is 11.5 Å². The molecule has 7 nitrogen and oxygen atoms in total. The molecule has 0 aliphatic rings. The highest BCUT2D eigenvalue weighted by Crippen LogP contribution is 2.17. The third-order valence-electron chi connectivity index (χ3n) is 4.11. The zero-order valence-corrected chi connectivity index (χ0v) is 17.0. The summed E-state index contributed by atoms with van der Waals surface area (Å²) in [4.78, 5) is 24.3. The van der Waals surface area contributed by atoms with E-state index in [1.165, 1.54) is 0 Å². The largest absolute Gasteiger partial charge is 0.491 e. The minimum atomic E-state index is -0.194. The van der Waals surface area contributed by atoms with Gasteiger partial charge in [0.2, 0.25) is 5.91 Å². The summed E-state index contributed by atoms with van der Waals surface area (Å²) in [5, 5.41) is 8.65. The smallest absolute Gasteiger partial charge is 0.251 e. The zero-order chi connectivity index (χ0) is 21.3. The van der Waals surface area contributed by atoms with Crippen LogP contribution in [0.25, 0.3) is 0 Å². The SMILES string of the molecule is CC(C)Oc1ccc(NC(=O)CNc2ccc(C(=O)NCc3ccco3)cc2)cc1. The van der Waals surface area contributed by atoms with Gasteiger partial charge in [-0.2, -0.15) is 0 Å². The lowest BCUT2D eigenvalue weighted by Gasteiger charge is -2.11. The van der Waals surface area contributed by atoms with Crippen LogP contribution >= 0.6 is 0 Å². The molecule has 7 heteroatoms. The number of carbonyl (C=O) groups is 2. The Bertz CT molecular complexity index is 949. The second-order valence-electron chi connectivity index (χ2n) is 6.93. The third-order valence-corrected chi connectivity index (χ3v) is 4.11. The van der Waals surface area contributed by atoms with Gasteiger partial charge in [0.05, 0.1) is 25.5 Å². The molecule has 0 saturated carbocycles. The fourth-order valence-corrected chi connectivity index (χ4v) is 2.70. The Hall–Kier alpha value is -3.74. The lowest BCUT2D eigenvalue weighted by molar-refractivity contribution is -0.114. The molecule has 0 atom stereocenters. The molecule has 0 aliphatic heterocycles. The lowest BCUT2D eigenvalue weighted by Crippen LogP contribution is -2.23. The van der Waals surface area contributed by atoms with Crippen LogP contribution in [0.3, 0.4) is 0 Å². The highest BCUT2D eigenvalue weighted by Gasteiger charge is 2.07. The maximum absolute atomic E-state index is 12.2. The molecule has 0 fully saturated rings.